The highest BCUT2D eigenvalue weighted by Crippen LogP contribution is 2.35. The van der Waals surface area contributed by atoms with Crippen molar-refractivity contribution in [2.24, 2.45) is 0 Å². The Bertz CT molecular complexity index is 1590. The van der Waals surface area contributed by atoms with E-state index in [1.807, 2.05) is 40.0 Å². The molecule has 5 rings (SSSR count). The summed E-state index contributed by atoms with van der Waals surface area (Å²) in [6, 6.07) is 12.9. The summed E-state index contributed by atoms with van der Waals surface area (Å²) >= 11 is 1.21. The molecule has 1 amide bonds. The van der Waals surface area contributed by atoms with Crippen molar-refractivity contribution < 1.29 is 22.7 Å². The van der Waals surface area contributed by atoms with Crippen LogP contribution in [0.1, 0.15) is 59.9 Å². The van der Waals surface area contributed by atoms with Crippen LogP contribution in [0.5, 0.6) is 5.75 Å². The van der Waals surface area contributed by atoms with Crippen molar-refractivity contribution in [3.05, 3.63) is 82.1 Å². The Morgan fingerprint density at radius 3 is 2.33 bits per heavy atom. The fourth-order valence-corrected chi connectivity index (χ4v) is 6.64. The van der Waals surface area contributed by atoms with E-state index >= 15 is 0 Å². The summed E-state index contributed by atoms with van der Waals surface area (Å²) in [4.78, 5) is 22.8. The van der Waals surface area contributed by atoms with E-state index in [1.54, 1.807) is 14.0 Å². The molecule has 0 aliphatic carbocycles. The quantitative estimate of drug-likeness (QED) is 0.246. The molecule has 2 aromatic carbocycles. The smallest absolute Gasteiger partial charge is 0.416 e. The van der Waals surface area contributed by atoms with Crippen molar-refractivity contribution in [3.63, 3.8) is 0 Å². The molecule has 0 bridgehead atoms. The summed E-state index contributed by atoms with van der Waals surface area (Å²) < 4.78 is 46.4. The number of nitrogens with zero attached hydrogens (tertiary/aromatic N) is 6. The predicted molar refractivity (Wildman–Crippen MR) is 159 cm³/mol. The Morgan fingerprint density at radius 2 is 1.70 bits per heavy atom. The van der Waals surface area contributed by atoms with Gasteiger partial charge in [-0.15, -0.1) is 16.4 Å². The molecule has 4 aromatic rings. The molecule has 0 radical (unpaired) electrons. The van der Waals surface area contributed by atoms with Gasteiger partial charge in [0.15, 0.2) is 0 Å². The summed E-state index contributed by atoms with van der Waals surface area (Å²) in [5.74, 6) is 0.672. The van der Waals surface area contributed by atoms with Crippen LogP contribution in [-0.2, 0) is 18.3 Å². The van der Waals surface area contributed by atoms with E-state index in [0.717, 1.165) is 29.1 Å². The number of aromatic nitrogens is 4. The predicted octanol–water partition coefficient (Wildman–Crippen LogP) is 6.26. The lowest BCUT2D eigenvalue weighted by Gasteiger charge is -2.44. The van der Waals surface area contributed by atoms with Crippen LogP contribution in [0.4, 0.5) is 13.2 Å². The van der Waals surface area contributed by atoms with Gasteiger partial charge in [0.05, 0.1) is 35.8 Å². The van der Waals surface area contributed by atoms with Crippen LogP contribution in [0.15, 0.2) is 54.7 Å². The largest absolute Gasteiger partial charge is 0.496 e. The van der Waals surface area contributed by atoms with Crippen LogP contribution in [0.25, 0.3) is 10.6 Å². The van der Waals surface area contributed by atoms with Gasteiger partial charge in [0.2, 0.25) is 0 Å². The van der Waals surface area contributed by atoms with E-state index in [1.165, 1.54) is 23.5 Å². The second-order valence-corrected chi connectivity index (χ2v) is 12.5. The highest BCUT2D eigenvalue weighted by atomic mass is 32.1. The number of rotatable bonds is 7. The molecular weight excluding hydrogens is 577 g/mol. The molecule has 0 saturated carbocycles. The maximum absolute atomic E-state index is 13.6. The third-order valence-electron chi connectivity index (χ3n) is 8.06. The van der Waals surface area contributed by atoms with Gasteiger partial charge in [0.25, 0.3) is 5.91 Å². The van der Waals surface area contributed by atoms with E-state index in [0.29, 0.717) is 40.8 Å². The minimum absolute atomic E-state index is 0.0580. The number of halogens is 3. The number of carbonyl (C=O) groups is 1. The van der Waals surface area contributed by atoms with E-state index in [4.69, 9.17) is 4.74 Å². The zero-order chi connectivity index (χ0) is 31.1. The van der Waals surface area contributed by atoms with Crippen molar-refractivity contribution in [2.45, 2.75) is 65.0 Å². The molecular formula is C31H35F3N6O2S. The SMILES string of the molecule is COc1ccccc1C(C)(C)n1cc(CN2[C@H](C)CN(C(=O)c3sc(-c4ccc(C(F)(F)F)cc4)nc3C)C[C@@H]2C)nn1. The number of hydrogen-bond donors (Lipinski definition) is 0. The number of ether oxygens (including phenoxy) is 1. The molecule has 0 spiro atoms. The molecule has 2 aromatic heterocycles. The summed E-state index contributed by atoms with van der Waals surface area (Å²) in [6.45, 7) is 11.7. The normalized spacial score (nSPS) is 18.2. The zero-order valence-corrected chi connectivity index (χ0v) is 25.8. The lowest BCUT2D eigenvalue weighted by atomic mass is 9.93. The minimum atomic E-state index is -4.41. The molecule has 1 fully saturated rings. The number of thiazole rings is 1. The van der Waals surface area contributed by atoms with Gasteiger partial charge >= 0.3 is 6.18 Å². The third kappa shape index (κ3) is 6.16. The van der Waals surface area contributed by atoms with E-state index in [9.17, 15) is 18.0 Å². The van der Waals surface area contributed by atoms with Gasteiger partial charge in [-0.2, -0.15) is 13.2 Å². The van der Waals surface area contributed by atoms with Gasteiger partial charge in [-0.25, -0.2) is 9.67 Å². The molecule has 1 saturated heterocycles. The van der Waals surface area contributed by atoms with Gasteiger partial charge in [-0.05, 0) is 52.8 Å². The van der Waals surface area contributed by atoms with E-state index in [2.05, 4.69) is 47.9 Å². The molecule has 1 aliphatic heterocycles. The van der Waals surface area contributed by atoms with Crippen LogP contribution in [0.2, 0.25) is 0 Å². The van der Waals surface area contributed by atoms with Crippen molar-refractivity contribution in [1.29, 1.82) is 0 Å². The van der Waals surface area contributed by atoms with Crippen LogP contribution in [0.3, 0.4) is 0 Å². The standard InChI is InChI=1S/C31H35F3N6O2S/c1-19-15-38(29(41)27-21(3)35-28(43-27)22-11-13-23(14-12-22)31(32,33)34)16-20(2)39(19)17-24-18-40(37-36-24)30(4,5)25-9-7-8-10-26(25)42-6/h7-14,18-20H,15-17H2,1-6H3/t19-,20+. The third-order valence-corrected chi connectivity index (χ3v) is 9.26. The molecule has 8 nitrogen and oxygen atoms in total. The average molecular weight is 613 g/mol. The molecule has 0 unspecified atom stereocenters. The summed E-state index contributed by atoms with van der Waals surface area (Å²) in [7, 11) is 1.66. The van der Waals surface area contributed by atoms with E-state index in [-0.39, 0.29) is 18.0 Å². The Kier molecular flexibility index (Phi) is 8.36. The molecule has 228 valence electrons. The summed E-state index contributed by atoms with van der Waals surface area (Å²) in [5.41, 5.74) is 1.76. The average Bonchev–Trinajstić information content (AvgIpc) is 3.61. The van der Waals surface area contributed by atoms with Crippen molar-refractivity contribution >= 4 is 17.2 Å². The van der Waals surface area contributed by atoms with Crippen molar-refractivity contribution in [3.8, 4) is 16.3 Å². The number of hydrogen-bond acceptors (Lipinski definition) is 7. The highest BCUT2D eigenvalue weighted by Gasteiger charge is 2.35. The van der Waals surface area contributed by atoms with Crippen molar-refractivity contribution in [2.75, 3.05) is 20.2 Å². The fraction of sp³-hybridized carbons (Fsp3) is 0.419. The first kappa shape index (κ1) is 30.7. The van der Waals surface area contributed by atoms with Gasteiger partial charge in [-0.3, -0.25) is 9.69 Å². The summed E-state index contributed by atoms with van der Waals surface area (Å²) in [5, 5.41) is 9.44. The Balaban J connectivity index is 1.27. The first-order valence-corrected chi connectivity index (χ1v) is 14.9. The highest BCUT2D eigenvalue weighted by molar-refractivity contribution is 7.17. The Hall–Kier alpha value is -3.77. The molecule has 0 N–H and O–H groups in total. The zero-order valence-electron chi connectivity index (χ0n) is 25.0. The maximum Gasteiger partial charge on any atom is 0.416 e. The topological polar surface area (TPSA) is 76.4 Å². The van der Waals surface area contributed by atoms with Gasteiger partial charge in [0, 0.05) is 42.8 Å². The van der Waals surface area contributed by atoms with Crippen LogP contribution in [-0.4, -0.2) is 68.0 Å². The number of benzene rings is 2. The Morgan fingerprint density at radius 1 is 1.05 bits per heavy atom. The number of alkyl halides is 3. The number of methoxy groups -OCH3 is 1. The number of piperazine rings is 1. The van der Waals surface area contributed by atoms with Crippen LogP contribution in [0, 0.1) is 6.92 Å². The molecule has 1 aliphatic rings. The lowest BCUT2D eigenvalue weighted by Crippen LogP contribution is -2.57. The number of aryl methyl sites for hydroxylation is 1. The minimum Gasteiger partial charge on any atom is -0.496 e. The molecule has 43 heavy (non-hydrogen) atoms. The number of carbonyl (C=O) groups excluding carboxylic acids is 1. The molecule has 2 atom stereocenters. The lowest BCUT2D eigenvalue weighted by molar-refractivity contribution is -0.137. The molecule has 3 heterocycles. The van der Waals surface area contributed by atoms with Gasteiger partial charge in [0.1, 0.15) is 15.6 Å². The van der Waals surface area contributed by atoms with Crippen LogP contribution >= 0.6 is 11.3 Å². The van der Waals surface area contributed by atoms with Crippen molar-refractivity contribution in [1.82, 2.24) is 29.8 Å². The second-order valence-electron chi connectivity index (χ2n) is 11.5. The second kappa shape index (κ2) is 11.7. The summed E-state index contributed by atoms with van der Waals surface area (Å²) in [6.07, 6.45) is -2.44. The number of para-hydroxylation sites is 1. The monoisotopic (exact) mass is 612 g/mol. The Labute approximate surface area is 253 Å². The van der Waals surface area contributed by atoms with Gasteiger partial charge in [-0.1, -0.05) is 35.5 Å². The maximum atomic E-state index is 13.6. The molecule has 12 heteroatoms. The fourth-order valence-electron chi connectivity index (χ4n) is 5.60. The first-order chi connectivity index (χ1) is 20.3. The first-order valence-electron chi connectivity index (χ1n) is 14.0. The van der Waals surface area contributed by atoms with Crippen LogP contribution < -0.4 is 4.74 Å². The van der Waals surface area contributed by atoms with E-state index < -0.39 is 17.3 Å². The number of amides is 1. The van der Waals surface area contributed by atoms with Gasteiger partial charge < -0.3 is 9.64 Å².